The molecule has 0 aromatic carbocycles. The van der Waals surface area contributed by atoms with Gasteiger partial charge in [-0.15, -0.1) is 0 Å². The van der Waals surface area contributed by atoms with Crippen molar-refractivity contribution in [1.82, 2.24) is 0 Å². The summed E-state index contributed by atoms with van der Waals surface area (Å²) in [7, 11) is 0. The second-order valence-corrected chi connectivity index (χ2v) is 6.77. The summed E-state index contributed by atoms with van der Waals surface area (Å²) in [4.78, 5) is 37.1. The van der Waals surface area contributed by atoms with Gasteiger partial charge in [0, 0.05) is 24.0 Å². The molecule has 1 spiro atoms. The van der Waals surface area contributed by atoms with E-state index in [2.05, 4.69) is 0 Å². The molecule has 2 fully saturated rings. The van der Waals surface area contributed by atoms with Crippen molar-refractivity contribution in [3.63, 3.8) is 0 Å². The summed E-state index contributed by atoms with van der Waals surface area (Å²) >= 11 is 0. The smallest absolute Gasteiger partial charge is 0.333 e. The minimum absolute atomic E-state index is 0.119. The van der Waals surface area contributed by atoms with Gasteiger partial charge in [-0.2, -0.15) is 0 Å². The number of carbonyl (C=O) groups is 3. The summed E-state index contributed by atoms with van der Waals surface area (Å²) in [6.07, 6.45) is 2.61. The summed E-state index contributed by atoms with van der Waals surface area (Å²) < 4.78 is 16.3. The van der Waals surface area contributed by atoms with Crippen molar-refractivity contribution >= 4 is 17.7 Å². The van der Waals surface area contributed by atoms with E-state index in [0.717, 1.165) is 0 Å². The zero-order valence-corrected chi connectivity index (χ0v) is 12.9. The van der Waals surface area contributed by atoms with E-state index in [1.807, 2.05) is 0 Å². The second kappa shape index (κ2) is 3.84. The standard InChI is InChI=1S/C16H16O7/c1-7-6-21-15(12(7)18)9(3)5-14-8(2)4-10(17)22-16(14,20)11(15)13(19)23-14/h4,6,9,11,20H,5H2,1-3H3/t9-,11+,14+,15-,16+/m0/s1. The maximum absolute atomic E-state index is 12.7. The topological polar surface area (TPSA) is 99.1 Å². The molecule has 5 atom stereocenters. The zero-order valence-electron chi connectivity index (χ0n) is 12.9. The van der Waals surface area contributed by atoms with Gasteiger partial charge in [0.1, 0.15) is 0 Å². The Morgan fingerprint density at radius 3 is 2.52 bits per heavy atom. The number of Topliss-reactive ketones (excluding diaryl/α,β-unsaturated/α-hetero) is 1. The Labute approximate surface area is 131 Å². The number of hydrogen-bond acceptors (Lipinski definition) is 7. The number of rotatable bonds is 0. The van der Waals surface area contributed by atoms with Crippen LogP contribution in [-0.4, -0.2) is 39.8 Å². The molecule has 0 unspecified atom stereocenters. The van der Waals surface area contributed by atoms with Gasteiger partial charge in [-0.1, -0.05) is 6.92 Å². The second-order valence-electron chi connectivity index (χ2n) is 6.77. The number of ether oxygens (including phenoxy) is 3. The van der Waals surface area contributed by atoms with E-state index in [4.69, 9.17) is 14.2 Å². The predicted octanol–water partition coefficient (Wildman–Crippen LogP) is 0.372. The van der Waals surface area contributed by atoms with Crippen molar-refractivity contribution in [3.05, 3.63) is 23.5 Å². The fourth-order valence-electron chi connectivity index (χ4n) is 4.50. The highest BCUT2D eigenvalue weighted by molar-refractivity contribution is 6.07. The van der Waals surface area contributed by atoms with Gasteiger partial charge in [-0.05, 0) is 19.4 Å². The van der Waals surface area contributed by atoms with Gasteiger partial charge < -0.3 is 19.3 Å². The third kappa shape index (κ3) is 1.30. The number of esters is 2. The number of ketones is 1. The number of aliphatic hydroxyl groups is 1. The van der Waals surface area contributed by atoms with Gasteiger partial charge in [0.25, 0.3) is 5.79 Å². The Morgan fingerprint density at radius 2 is 1.91 bits per heavy atom. The molecular weight excluding hydrogens is 304 g/mol. The molecule has 4 rings (SSSR count). The molecule has 1 saturated heterocycles. The van der Waals surface area contributed by atoms with Crippen LogP contribution in [0.5, 0.6) is 0 Å². The summed E-state index contributed by atoms with van der Waals surface area (Å²) in [6.45, 7) is 4.95. The molecule has 3 heterocycles. The van der Waals surface area contributed by atoms with Gasteiger partial charge in [-0.25, -0.2) is 4.79 Å². The maximum atomic E-state index is 12.7. The fraction of sp³-hybridized carbons (Fsp3) is 0.562. The molecular formula is C16H16O7. The third-order valence-corrected chi connectivity index (χ3v) is 5.61. The first-order valence-corrected chi connectivity index (χ1v) is 7.45. The van der Waals surface area contributed by atoms with E-state index < -0.39 is 40.8 Å². The molecule has 1 N–H and O–H groups in total. The lowest BCUT2D eigenvalue weighted by molar-refractivity contribution is -0.304. The van der Waals surface area contributed by atoms with Crippen LogP contribution in [0.1, 0.15) is 27.2 Å². The Bertz CT molecular complexity index is 735. The van der Waals surface area contributed by atoms with Gasteiger partial charge in [-0.3, -0.25) is 9.59 Å². The summed E-state index contributed by atoms with van der Waals surface area (Å²) in [5.41, 5.74) is -2.31. The Hall–Kier alpha value is -2.15. The molecule has 4 aliphatic rings. The van der Waals surface area contributed by atoms with Crippen LogP contribution in [0.2, 0.25) is 0 Å². The molecule has 0 aromatic rings. The Kier molecular flexibility index (Phi) is 2.41. The van der Waals surface area contributed by atoms with Crippen molar-refractivity contribution in [3.8, 4) is 0 Å². The van der Waals surface area contributed by atoms with Crippen LogP contribution >= 0.6 is 0 Å². The van der Waals surface area contributed by atoms with Crippen LogP contribution in [0.4, 0.5) is 0 Å². The van der Waals surface area contributed by atoms with Crippen LogP contribution in [-0.2, 0) is 28.6 Å². The lowest BCUT2D eigenvalue weighted by Gasteiger charge is -2.53. The summed E-state index contributed by atoms with van der Waals surface area (Å²) in [6, 6.07) is 0. The summed E-state index contributed by atoms with van der Waals surface area (Å²) in [5, 5.41) is 11.2. The lowest BCUT2D eigenvalue weighted by Crippen LogP contribution is -2.72. The Balaban J connectivity index is 1.96. The molecule has 1 aliphatic carbocycles. The number of carbonyl (C=O) groups excluding carboxylic acids is 3. The fourth-order valence-corrected chi connectivity index (χ4v) is 4.50. The zero-order chi connectivity index (χ0) is 16.8. The van der Waals surface area contributed by atoms with E-state index in [0.29, 0.717) is 11.1 Å². The molecule has 23 heavy (non-hydrogen) atoms. The highest BCUT2D eigenvalue weighted by atomic mass is 16.7. The quantitative estimate of drug-likeness (QED) is 0.644. The molecule has 0 aromatic heterocycles. The summed E-state index contributed by atoms with van der Waals surface area (Å²) in [5.74, 6) is -6.05. The first-order chi connectivity index (χ1) is 10.7. The number of hydrogen-bond donors (Lipinski definition) is 1. The van der Waals surface area contributed by atoms with E-state index in [-0.39, 0.29) is 12.2 Å². The minimum Gasteiger partial charge on any atom is -0.485 e. The highest BCUT2D eigenvalue weighted by Gasteiger charge is 2.83. The van der Waals surface area contributed by atoms with Gasteiger partial charge >= 0.3 is 11.9 Å². The van der Waals surface area contributed by atoms with Crippen LogP contribution in [0.3, 0.4) is 0 Å². The minimum atomic E-state index is -2.25. The van der Waals surface area contributed by atoms with Crippen molar-refractivity contribution in [2.75, 3.05) is 0 Å². The first-order valence-electron chi connectivity index (χ1n) is 7.45. The van der Waals surface area contributed by atoms with E-state index >= 15 is 0 Å². The van der Waals surface area contributed by atoms with Crippen molar-refractivity contribution in [2.45, 2.75) is 44.2 Å². The molecule has 122 valence electrons. The Morgan fingerprint density at radius 1 is 1.22 bits per heavy atom. The van der Waals surface area contributed by atoms with E-state index in [1.165, 1.54) is 12.3 Å². The van der Waals surface area contributed by atoms with Crippen LogP contribution in [0.25, 0.3) is 0 Å². The lowest BCUT2D eigenvalue weighted by atomic mass is 9.58. The normalized spacial score (nSPS) is 47.6. The van der Waals surface area contributed by atoms with E-state index in [9.17, 15) is 19.5 Å². The van der Waals surface area contributed by atoms with Gasteiger partial charge in [0.05, 0.1) is 6.26 Å². The van der Waals surface area contributed by atoms with Crippen LogP contribution in [0, 0.1) is 11.8 Å². The van der Waals surface area contributed by atoms with Gasteiger partial charge in [0.15, 0.2) is 17.1 Å². The average molecular weight is 320 g/mol. The molecule has 0 amide bonds. The molecule has 2 bridgehead atoms. The average Bonchev–Trinajstić information content (AvgIpc) is 2.80. The van der Waals surface area contributed by atoms with Crippen molar-refractivity contribution in [2.24, 2.45) is 11.8 Å². The largest absolute Gasteiger partial charge is 0.485 e. The van der Waals surface area contributed by atoms with Crippen LogP contribution < -0.4 is 0 Å². The predicted molar refractivity (Wildman–Crippen MR) is 73.5 cm³/mol. The van der Waals surface area contributed by atoms with E-state index in [1.54, 1.807) is 20.8 Å². The maximum Gasteiger partial charge on any atom is 0.333 e. The molecule has 1 saturated carbocycles. The molecule has 7 nitrogen and oxygen atoms in total. The monoisotopic (exact) mass is 320 g/mol. The number of fused-ring (bicyclic) bond motifs is 1. The van der Waals surface area contributed by atoms with Crippen molar-refractivity contribution in [1.29, 1.82) is 0 Å². The molecule has 7 heteroatoms. The third-order valence-electron chi connectivity index (χ3n) is 5.61. The van der Waals surface area contributed by atoms with Crippen molar-refractivity contribution < 1.29 is 33.7 Å². The highest BCUT2D eigenvalue weighted by Crippen LogP contribution is 2.63. The van der Waals surface area contributed by atoms with Crippen LogP contribution in [0.15, 0.2) is 23.5 Å². The van der Waals surface area contributed by atoms with Gasteiger partial charge in [0.2, 0.25) is 5.78 Å². The molecule has 0 radical (unpaired) electrons. The molecule has 3 aliphatic heterocycles. The first kappa shape index (κ1) is 14.4. The SMILES string of the molecule is CC1=CO[C@]2(C1=O)[C@H]1C(=O)O[C@]3(C[C@@H]2C)C(C)=CC(=O)O[C@]13O.